The molecule has 0 bridgehead atoms. The van der Waals surface area contributed by atoms with Crippen LogP contribution in [0.5, 0.6) is 0 Å². The van der Waals surface area contributed by atoms with Crippen molar-refractivity contribution in [3.05, 3.63) is 12.2 Å². The number of hydrogen-bond donors (Lipinski definition) is 1. The molecule has 90 valence electrons. The van der Waals surface area contributed by atoms with Crippen LogP contribution in [-0.4, -0.2) is 41.1 Å². The minimum Gasteiger partial charge on any atom is -0.378 e. The van der Waals surface area contributed by atoms with Crippen LogP contribution in [-0.2, 0) is 18.2 Å². The predicted octanol–water partition coefficient (Wildman–Crippen LogP) is 0.372. The lowest BCUT2D eigenvalue weighted by molar-refractivity contribution is 0.0626. The average Bonchev–Trinajstić information content (AvgIpc) is 2.78. The highest BCUT2D eigenvalue weighted by Crippen LogP contribution is 2.37. The molecule has 0 spiro atoms. The van der Waals surface area contributed by atoms with Gasteiger partial charge in [-0.2, -0.15) is 5.10 Å². The van der Waals surface area contributed by atoms with E-state index >= 15 is 0 Å². The number of rotatable bonds is 4. The summed E-state index contributed by atoms with van der Waals surface area (Å²) in [5.74, 6) is 1.03. The summed E-state index contributed by atoms with van der Waals surface area (Å²) in [6, 6.07) is 0. The maximum Gasteiger partial charge on any atom is 0.138 e. The SMILES string of the molecule is CNCC1(Cc2ncnn2C)CCOC1C. The summed E-state index contributed by atoms with van der Waals surface area (Å²) in [5, 5.41) is 7.39. The van der Waals surface area contributed by atoms with Crippen LogP contribution < -0.4 is 5.32 Å². The molecule has 16 heavy (non-hydrogen) atoms. The van der Waals surface area contributed by atoms with E-state index in [1.807, 2.05) is 18.8 Å². The number of aromatic nitrogens is 3. The molecule has 2 heterocycles. The summed E-state index contributed by atoms with van der Waals surface area (Å²) >= 11 is 0. The van der Waals surface area contributed by atoms with Crippen molar-refractivity contribution in [3.63, 3.8) is 0 Å². The molecule has 2 unspecified atom stereocenters. The standard InChI is InChI=1S/C11H20N4O/c1-9-11(7-12-2,4-5-16-9)6-10-13-8-14-15(10)3/h8-9,12H,4-7H2,1-3H3. The number of hydrogen-bond acceptors (Lipinski definition) is 4. The monoisotopic (exact) mass is 224 g/mol. The van der Waals surface area contributed by atoms with E-state index in [0.29, 0.717) is 0 Å². The Labute approximate surface area is 96.2 Å². The van der Waals surface area contributed by atoms with E-state index in [4.69, 9.17) is 4.74 Å². The molecule has 0 radical (unpaired) electrons. The fourth-order valence-electron chi connectivity index (χ4n) is 2.49. The van der Waals surface area contributed by atoms with Crippen molar-refractivity contribution in [1.82, 2.24) is 20.1 Å². The maximum atomic E-state index is 5.71. The summed E-state index contributed by atoms with van der Waals surface area (Å²) in [6.07, 6.45) is 3.90. The molecule has 2 rings (SSSR count). The van der Waals surface area contributed by atoms with Crippen LogP contribution in [0.25, 0.3) is 0 Å². The van der Waals surface area contributed by atoms with Gasteiger partial charge in [-0.15, -0.1) is 0 Å². The third-order valence-corrected chi connectivity index (χ3v) is 3.67. The summed E-state index contributed by atoms with van der Waals surface area (Å²) in [7, 11) is 3.93. The molecular formula is C11H20N4O. The Kier molecular flexibility index (Phi) is 3.25. The van der Waals surface area contributed by atoms with Crippen molar-refractivity contribution in [2.75, 3.05) is 20.2 Å². The number of nitrogens with zero attached hydrogens (tertiary/aromatic N) is 3. The predicted molar refractivity (Wildman–Crippen MR) is 61.1 cm³/mol. The van der Waals surface area contributed by atoms with Gasteiger partial charge in [0.1, 0.15) is 12.2 Å². The van der Waals surface area contributed by atoms with Crippen LogP contribution in [0.4, 0.5) is 0 Å². The van der Waals surface area contributed by atoms with Crippen LogP contribution in [0, 0.1) is 5.41 Å². The number of ether oxygens (including phenoxy) is 1. The zero-order valence-electron chi connectivity index (χ0n) is 10.2. The first-order chi connectivity index (χ1) is 7.68. The molecule has 0 saturated carbocycles. The van der Waals surface area contributed by atoms with Gasteiger partial charge in [-0.3, -0.25) is 4.68 Å². The molecule has 1 aromatic heterocycles. The molecule has 1 aromatic rings. The first-order valence-corrected chi connectivity index (χ1v) is 5.77. The maximum absolute atomic E-state index is 5.71. The Bertz CT molecular complexity index is 352. The molecule has 5 nitrogen and oxygen atoms in total. The van der Waals surface area contributed by atoms with Gasteiger partial charge in [-0.05, 0) is 20.4 Å². The fourth-order valence-corrected chi connectivity index (χ4v) is 2.49. The van der Waals surface area contributed by atoms with E-state index in [-0.39, 0.29) is 11.5 Å². The topological polar surface area (TPSA) is 52.0 Å². The van der Waals surface area contributed by atoms with Crippen molar-refractivity contribution in [2.45, 2.75) is 25.9 Å². The van der Waals surface area contributed by atoms with Crippen LogP contribution >= 0.6 is 0 Å². The zero-order chi connectivity index (χ0) is 11.6. The van der Waals surface area contributed by atoms with Gasteiger partial charge in [0.05, 0.1) is 6.10 Å². The summed E-state index contributed by atoms with van der Waals surface area (Å²) in [4.78, 5) is 4.31. The number of nitrogens with one attached hydrogen (secondary N) is 1. The van der Waals surface area contributed by atoms with E-state index in [1.54, 1.807) is 6.33 Å². The van der Waals surface area contributed by atoms with Crippen LogP contribution in [0.15, 0.2) is 6.33 Å². The quantitative estimate of drug-likeness (QED) is 0.803. The Hall–Kier alpha value is -0.940. The fraction of sp³-hybridized carbons (Fsp3) is 0.818. The van der Waals surface area contributed by atoms with E-state index in [9.17, 15) is 0 Å². The van der Waals surface area contributed by atoms with Crippen LogP contribution in [0.3, 0.4) is 0 Å². The molecule has 1 saturated heterocycles. The molecule has 0 amide bonds. The highest BCUT2D eigenvalue weighted by molar-refractivity contribution is 5.00. The second-order valence-corrected chi connectivity index (χ2v) is 4.63. The molecule has 1 N–H and O–H groups in total. The third kappa shape index (κ3) is 1.97. The molecule has 0 aromatic carbocycles. The van der Waals surface area contributed by atoms with Crippen LogP contribution in [0.2, 0.25) is 0 Å². The highest BCUT2D eigenvalue weighted by Gasteiger charge is 2.41. The number of aryl methyl sites for hydroxylation is 1. The molecule has 1 aliphatic heterocycles. The summed E-state index contributed by atoms with van der Waals surface area (Å²) in [5.41, 5.74) is 0.162. The van der Waals surface area contributed by atoms with E-state index in [0.717, 1.165) is 31.8 Å². The lowest BCUT2D eigenvalue weighted by atomic mass is 9.78. The third-order valence-electron chi connectivity index (χ3n) is 3.67. The van der Waals surface area contributed by atoms with Gasteiger partial charge >= 0.3 is 0 Å². The van der Waals surface area contributed by atoms with Gasteiger partial charge < -0.3 is 10.1 Å². The summed E-state index contributed by atoms with van der Waals surface area (Å²) < 4.78 is 7.56. The van der Waals surface area contributed by atoms with E-state index in [2.05, 4.69) is 22.3 Å². The zero-order valence-corrected chi connectivity index (χ0v) is 10.2. The lowest BCUT2D eigenvalue weighted by Gasteiger charge is -2.31. The molecule has 5 heteroatoms. The van der Waals surface area contributed by atoms with E-state index < -0.39 is 0 Å². The first kappa shape index (κ1) is 11.5. The molecule has 1 fully saturated rings. The van der Waals surface area contributed by atoms with Crippen molar-refractivity contribution in [2.24, 2.45) is 12.5 Å². The van der Waals surface area contributed by atoms with Crippen molar-refractivity contribution in [1.29, 1.82) is 0 Å². The Morgan fingerprint density at radius 2 is 2.50 bits per heavy atom. The smallest absolute Gasteiger partial charge is 0.138 e. The average molecular weight is 224 g/mol. The van der Waals surface area contributed by atoms with Gasteiger partial charge in [0.25, 0.3) is 0 Å². The lowest BCUT2D eigenvalue weighted by Crippen LogP contribution is -2.40. The minimum absolute atomic E-state index is 0.162. The second-order valence-electron chi connectivity index (χ2n) is 4.63. The highest BCUT2D eigenvalue weighted by atomic mass is 16.5. The van der Waals surface area contributed by atoms with Crippen LogP contribution in [0.1, 0.15) is 19.2 Å². The van der Waals surface area contributed by atoms with Gasteiger partial charge in [0.2, 0.25) is 0 Å². The van der Waals surface area contributed by atoms with Gasteiger partial charge in [-0.1, -0.05) is 0 Å². The first-order valence-electron chi connectivity index (χ1n) is 5.77. The van der Waals surface area contributed by atoms with Gasteiger partial charge in [0.15, 0.2) is 0 Å². The van der Waals surface area contributed by atoms with Crippen molar-refractivity contribution >= 4 is 0 Å². The van der Waals surface area contributed by atoms with Gasteiger partial charge in [-0.25, -0.2) is 4.98 Å². The van der Waals surface area contributed by atoms with Crippen molar-refractivity contribution in [3.8, 4) is 0 Å². The Morgan fingerprint density at radius 1 is 1.69 bits per heavy atom. The van der Waals surface area contributed by atoms with E-state index in [1.165, 1.54) is 0 Å². The largest absolute Gasteiger partial charge is 0.378 e. The molecule has 1 aliphatic rings. The summed E-state index contributed by atoms with van der Waals surface area (Å²) in [6.45, 7) is 3.96. The van der Waals surface area contributed by atoms with Gasteiger partial charge in [0, 0.05) is 32.0 Å². The van der Waals surface area contributed by atoms with Crippen molar-refractivity contribution < 1.29 is 4.74 Å². The molecule has 0 aliphatic carbocycles. The second kappa shape index (κ2) is 4.51. The molecule has 2 atom stereocenters. The normalized spacial score (nSPS) is 29.8. The minimum atomic E-state index is 0.162. The Balaban J connectivity index is 2.17. The molecular weight excluding hydrogens is 204 g/mol. The Morgan fingerprint density at radius 3 is 3.00 bits per heavy atom.